The summed E-state index contributed by atoms with van der Waals surface area (Å²) in [5.41, 5.74) is 1.88. The predicted molar refractivity (Wildman–Crippen MR) is 66.2 cm³/mol. The number of nitriles is 1. The molecule has 0 unspecified atom stereocenters. The van der Waals surface area contributed by atoms with Crippen molar-refractivity contribution < 1.29 is 5.11 Å². The second kappa shape index (κ2) is 4.71. The number of aliphatic hydroxyl groups is 1. The molecule has 0 aliphatic rings. The number of hydrogen-bond acceptors (Lipinski definition) is 3. The van der Waals surface area contributed by atoms with Crippen molar-refractivity contribution in [3.63, 3.8) is 0 Å². The molecule has 86 valence electrons. The van der Waals surface area contributed by atoms with Crippen molar-refractivity contribution >= 4 is 16.6 Å². The van der Waals surface area contributed by atoms with Gasteiger partial charge in [0.1, 0.15) is 17.4 Å². The van der Waals surface area contributed by atoms with Crippen LogP contribution in [0.5, 0.6) is 0 Å². The van der Waals surface area contributed by atoms with Gasteiger partial charge in [-0.2, -0.15) is 5.26 Å². The zero-order valence-electron chi connectivity index (χ0n) is 9.57. The van der Waals surface area contributed by atoms with E-state index in [0.29, 0.717) is 12.2 Å². The standard InChI is InChI=1S/C13H13N3O/c1-2-5-12(17)9(8-14)13-15-10-6-3-4-7-11(10)16-13/h3-4,6-7,17H,2,5H2,1H3,(H,15,16). The van der Waals surface area contributed by atoms with Gasteiger partial charge in [-0.15, -0.1) is 0 Å². The van der Waals surface area contributed by atoms with Gasteiger partial charge in [0, 0.05) is 6.42 Å². The number of aromatic amines is 1. The van der Waals surface area contributed by atoms with E-state index < -0.39 is 0 Å². The topological polar surface area (TPSA) is 72.7 Å². The van der Waals surface area contributed by atoms with Gasteiger partial charge < -0.3 is 10.1 Å². The van der Waals surface area contributed by atoms with Gasteiger partial charge in [0.25, 0.3) is 0 Å². The third kappa shape index (κ3) is 2.13. The monoisotopic (exact) mass is 227 g/mol. The van der Waals surface area contributed by atoms with Gasteiger partial charge in [-0.25, -0.2) is 4.98 Å². The summed E-state index contributed by atoms with van der Waals surface area (Å²) in [5.74, 6) is 0.522. The first-order valence-electron chi connectivity index (χ1n) is 5.53. The normalized spacial score (nSPS) is 12.2. The molecule has 0 saturated carbocycles. The molecule has 0 spiro atoms. The van der Waals surface area contributed by atoms with E-state index in [1.807, 2.05) is 37.3 Å². The van der Waals surface area contributed by atoms with Crippen LogP contribution in [0.15, 0.2) is 30.0 Å². The Morgan fingerprint density at radius 1 is 1.47 bits per heavy atom. The average molecular weight is 227 g/mol. The van der Waals surface area contributed by atoms with Gasteiger partial charge >= 0.3 is 0 Å². The zero-order chi connectivity index (χ0) is 12.3. The molecule has 1 aromatic carbocycles. The number of rotatable bonds is 3. The number of nitrogens with zero attached hydrogens (tertiary/aromatic N) is 2. The predicted octanol–water partition coefficient (Wildman–Crippen LogP) is 3.16. The molecule has 1 heterocycles. The van der Waals surface area contributed by atoms with Crippen LogP contribution in [-0.4, -0.2) is 15.1 Å². The number of benzene rings is 1. The second-order valence-corrected chi connectivity index (χ2v) is 3.79. The third-order valence-electron chi connectivity index (χ3n) is 2.51. The van der Waals surface area contributed by atoms with E-state index in [-0.39, 0.29) is 11.3 Å². The van der Waals surface area contributed by atoms with Crippen molar-refractivity contribution in [2.45, 2.75) is 19.8 Å². The number of allylic oxidation sites excluding steroid dienone is 2. The van der Waals surface area contributed by atoms with Crippen molar-refractivity contribution in [2.75, 3.05) is 0 Å². The van der Waals surface area contributed by atoms with Crippen LogP contribution in [0.4, 0.5) is 0 Å². The number of nitrogens with one attached hydrogen (secondary N) is 1. The molecule has 0 atom stereocenters. The van der Waals surface area contributed by atoms with Crippen LogP contribution in [0.1, 0.15) is 25.6 Å². The minimum atomic E-state index is 0.0917. The number of H-pyrrole nitrogens is 1. The highest BCUT2D eigenvalue weighted by Crippen LogP contribution is 2.20. The quantitative estimate of drug-likeness (QED) is 0.624. The summed E-state index contributed by atoms with van der Waals surface area (Å²) in [6.07, 6.45) is 1.27. The lowest BCUT2D eigenvalue weighted by Crippen LogP contribution is -1.91. The molecule has 4 nitrogen and oxygen atoms in total. The highest BCUT2D eigenvalue weighted by Gasteiger charge is 2.12. The molecule has 0 aliphatic heterocycles. The molecule has 0 saturated heterocycles. The molecule has 2 N–H and O–H groups in total. The molecule has 0 amide bonds. The maximum Gasteiger partial charge on any atom is 0.152 e. The van der Waals surface area contributed by atoms with E-state index >= 15 is 0 Å². The van der Waals surface area contributed by atoms with Gasteiger partial charge in [0.05, 0.1) is 11.0 Å². The highest BCUT2D eigenvalue weighted by atomic mass is 16.3. The van der Waals surface area contributed by atoms with E-state index in [1.165, 1.54) is 0 Å². The minimum absolute atomic E-state index is 0.0917. The zero-order valence-corrected chi connectivity index (χ0v) is 9.57. The number of hydrogen-bond donors (Lipinski definition) is 2. The third-order valence-corrected chi connectivity index (χ3v) is 2.51. The Morgan fingerprint density at radius 3 is 2.88 bits per heavy atom. The van der Waals surface area contributed by atoms with Gasteiger partial charge in [0.2, 0.25) is 0 Å². The van der Waals surface area contributed by atoms with Crippen molar-refractivity contribution in [1.29, 1.82) is 5.26 Å². The van der Waals surface area contributed by atoms with Gasteiger partial charge in [0.15, 0.2) is 5.82 Å². The van der Waals surface area contributed by atoms with Crippen molar-refractivity contribution in [3.8, 4) is 6.07 Å². The molecule has 0 aliphatic carbocycles. The van der Waals surface area contributed by atoms with E-state index in [4.69, 9.17) is 5.26 Å². The number of fused-ring (bicyclic) bond motifs is 1. The van der Waals surface area contributed by atoms with Gasteiger partial charge in [-0.3, -0.25) is 0 Å². The second-order valence-electron chi connectivity index (χ2n) is 3.79. The lowest BCUT2D eigenvalue weighted by molar-refractivity contribution is 0.390. The summed E-state index contributed by atoms with van der Waals surface area (Å²) in [7, 11) is 0. The molecular formula is C13H13N3O. The Balaban J connectivity index is 2.52. The Morgan fingerprint density at radius 2 is 2.24 bits per heavy atom. The number of aliphatic hydroxyl groups excluding tert-OH is 1. The SMILES string of the molecule is CCCC(O)=C(C#N)c1nc2ccccc2[nH]1. The molecule has 0 radical (unpaired) electrons. The molecule has 0 fully saturated rings. The lowest BCUT2D eigenvalue weighted by Gasteiger charge is -1.99. The van der Waals surface area contributed by atoms with Crippen LogP contribution in [0, 0.1) is 11.3 Å². The average Bonchev–Trinajstić information content (AvgIpc) is 2.73. The fraction of sp³-hybridized carbons (Fsp3) is 0.231. The summed E-state index contributed by atoms with van der Waals surface area (Å²) in [6, 6.07) is 9.53. The van der Waals surface area contributed by atoms with Gasteiger partial charge in [-0.1, -0.05) is 19.1 Å². The first kappa shape index (κ1) is 11.2. The summed E-state index contributed by atoms with van der Waals surface area (Å²) < 4.78 is 0. The summed E-state index contributed by atoms with van der Waals surface area (Å²) in [6.45, 7) is 1.95. The smallest absolute Gasteiger partial charge is 0.152 e. The fourth-order valence-electron chi connectivity index (χ4n) is 1.69. The van der Waals surface area contributed by atoms with Crippen molar-refractivity contribution in [1.82, 2.24) is 9.97 Å². The molecule has 2 rings (SSSR count). The lowest BCUT2D eigenvalue weighted by atomic mass is 10.1. The molecule has 1 aromatic heterocycles. The van der Waals surface area contributed by atoms with Crippen LogP contribution >= 0.6 is 0 Å². The number of aromatic nitrogens is 2. The number of imidazole rings is 1. The summed E-state index contributed by atoms with van der Waals surface area (Å²) >= 11 is 0. The molecule has 17 heavy (non-hydrogen) atoms. The van der Waals surface area contributed by atoms with Crippen LogP contribution in [0.2, 0.25) is 0 Å². The molecule has 4 heteroatoms. The first-order valence-corrected chi connectivity index (χ1v) is 5.53. The molecule has 2 aromatic rings. The summed E-state index contributed by atoms with van der Waals surface area (Å²) in [4.78, 5) is 7.33. The van der Waals surface area contributed by atoms with Crippen molar-refractivity contribution in [3.05, 3.63) is 35.8 Å². The maximum absolute atomic E-state index is 9.78. The van der Waals surface area contributed by atoms with E-state index in [2.05, 4.69) is 9.97 Å². The Labute approximate surface area is 99.2 Å². The van der Waals surface area contributed by atoms with E-state index in [0.717, 1.165) is 17.5 Å². The largest absolute Gasteiger partial charge is 0.511 e. The van der Waals surface area contributed by atoms with Crippen LogP contribution in [0.25, 0.3) is 16.6 Å². The van der Waals surface area contributed by atoms with Crippen LogP contribution in [-0.2, 0) is 0 Å². The molecular weight excluding hydrogens is 214 g/mol. The van der Waals surface area contributed by atoms with E-state index in [1.54, 1.807) is 0 Å². The Bertz CT molecular complexity index is 571. The first-order chi connectivity index (χ1) is 8.26. The van der Waals surface area contributed by atoms with Gasteiger partial charge in [-0.05, 0) is 18.6 Å². The maximum atomic E-state index is 9.78. The minimum Gasteiger partial charge on any atom is -0.511 e. The summed E-state index contributed by atoms with van der Waals surface area (Å²) in [5, 5.41) is 18.9. The van der Waals surface area contributed by atoms with Crippen molar-refractivity contribution in [2.24, 2.45) is 0 Å². The van der Waals surface area contributed by atoms with Crippen LogP contribution in [0.3, 0.4) is 0 Å². The van der Waals surface area contributed by atoms with E-state index in [9.17, 15) is 5.11 Å². The van der Waals surface area contributed by atoms with Crippen LogP contribution < -0.4 is 0 Å². The molecule has 0 bridgehead atoms. The number of para-hydroxylation sites is 2. The Hall–Kier alpha value is -2.28. The fourth-order valence-corrected chi connectivity index (χ4v) is 1.69. The highest BCUT2D eigenvalue weighted by molar-refractivity contribution is 5.82. The Kier molecular flexibility index (Phi) is 3.10.